The van der Waals surface area contributed by atoms with Crippen molar-refractivity contribution in [3.05, 3.63) is 41.2 Å². The fourth-order valence-corrected chi connectivity index (χ4v) is 4.80. The van der Waals surface area contributed by atoms with E-state index < -0.39 is 16.9 Å². The normalized spacial score (nSPS) is 13.2. The van der Waals surface area contributed by atoms with Crippen molar-refractivity contribution in [3.63, 3.8) is 0 Å². The first kappa shape index (κ1) is 25.1. The molecule has 6 nitrogen and oxygen atoms in total. The van der Waals surface area contributed by atoms with Gasteiger partial charge in [-0.1, -0.05) is 24.3 Å². The topological polar surface area (TPSA) is 64.0 Å². The molecule has 0 spiro atoms. The lowest BCUT2D eigenvalue weighted by molar-refractivity contribution is 0.171. The molecule has 1 aromatic carbocycles. The van der Waals surface area contributed by atoms with E-state index in [0.717, 1.165) is 11.1 Å². The third-order valence-corrected chi connectivity index (χ3v) is 6.90. The predicted molar refractivity (Wildman–Crippen MR) is 116 cm³/mol. The molecule has 8 heteroatoms. The van der Waals surface area contributed by atoms with E-state index in [4.69, 9.17) is 23.4 Å². The third-order valence-electron chi connectivity index (χ3n) is 3.73. The zero-order valence-electron chi connectivity index (χ0n) is 17.7. The van der Waals surface area contributed by atoms with Crippen molar-refractivity contribution in [2.45, 2.75) is 52.8 Å². The van der Waals surface area contributed by atoms with Crippen LogP contribution in [0.15, 0.2) is 30.1 Å². The molecular weight excluding hydrogens is 394 g/mol. The zero-order valence-corrected chi connectivity index (χ0v) is 19.5. The Kier molecular flexibility index (Phi) is 12.7. The number of benzene rings is 1. The van der Waals surface area contributed by atoms with E-state index >= 15 is 0 Å². The second-order valence-electron chi connectivity index (χ2n) is 6.53. The van der Waals surface area contributed by atoms with Crippen molar-refractivity contribution in [1.82, 2.24) is 4.67 Å². The van der Waals surface area contributed by atoms with Gasteiger partial charge in [-0.25, -0.2) is 4.67 Å². The number of hydrogen-bond donors (Lipinski definition) is 0. The lowest BCUT2D eigenvalue weighted by atomic mass is 10.1. The number of rotatable bonds is 13. The van der Waals surface area contributed by atoms with Crippen molar-refractivity contribution < 1.29 is 18.1 Å². The highest BCUT2D eigenvalue weighted by Gasteiger charge is 2.27. The fourth-order valence-electron chi connectivity index (χ4n) is 2.51. The second kappa shape index (κ2) is 14.1. The van der Waals surface area contributed by atoms with Crippen molar-refractivity contribution >= 4 is 23.0 Å². The van der Waals surface area contributed by atoms with Crippen LogP contribution >= 0.6 is 16.9 Å². The molecule has 0 aromatic heterocycles. The van der Waals surface area contributed by atoms with Gasteiger partial charge in [-0.2, -0.15) is 5.26 Å². The first-order valence-corrected chi connectivity index (χ1v) is 11.7. The molecule has 0 bridgehead atoms. The van der Waals surface area contributed by atoms with Crippen LogP contribution in [0.3, 0.4) is 0 Å². The molecule has 0 amide bonds. The minimum atomic E-state index is -1.23. The largest absolute Gasteiger partial charge is 0.334 e. The van der Waals surface area contributed by atoms with Gasteiger partial charge in [0.25, 0.3) is 8.53 Å². The summed E-state index contributed by atoms with van der Waals surface area (Å²) >= 11 is 0. The summed E-state index contributed by atoms with van der Waals surface area (Å²) in [4.78, 5) is 0. The SMILES string of the molecule is COP(/C=C/c1ccc(COP(OCCC#N)N(C(C)C)C(C)C)cc1)OC. The Morgan fingerprint density at radius 2 is 1.64 bits per heavy atom. The summed E-state index contributed by atoms with van der Waals surface area (Å²) < 4.78 is 24.7. The van der Waals surface area contributed by atoms with Crippen LogP contribution in [0.1, 0.15) is 45.2 Å². The molecule has 0 aliphatic rings. The van der Waals surface area contributed by atoms with E-state index in [0.29, 0.717) is 19.6 Å². The molecule has 0 saturated heterocycles. The lowest BCUT2D eigenvalue weighted by Crippen LogP contribution is -2.33. The Hall–Kier alpha value is -0.890. The third kappa shape index (κ3) is 9.07. The minimum absolute atomic E-state index is 0.289. The molecular formula is C20H32N2O4P2. The fraction of sp³-hybridized carbons (Fsp3) is 0.550. The van der Waals surface area contributed by atoms with E-state index in [9.17, 15) is 0 Å². The van der Waals surface area contributed by atoms with Gasteiger partial charge in [-0.15, -0.1) is 0 Å². The lowest BCUT2D eigenvalue weighted by Gasteiger charge is -2.35. The number of nitriles is 1. The number of nitrogens with zero attached hydrogens (tertiary/aromatic N) is 2. The van der Waals surface area contributed by atoms with Gasteiger partial charge in [0.1, 0.15) is 0 Å². The molecule has 28 heavy (non-hydrogen) atoms. The summed E-state index contributed by atoms with van der Waals surface area (Å²) in [5.74, 6) is 1.92. The molecule has 0 aliphatic carbocycles. The monoisotopic (exact) mass is 426 g/mol. The van der Waals surface area contributed by atoms with Gasteiger partial charge >= 0.3 is 0 Å². The van der Waals surface area contributed by atoms with E-state index in [1.807, 2.05) is 36.2 Å². The highest BCUT2D eigenvalue weighted by Crippen LogP contribution is 2.46. The van der Waals surface area contributed by atoms with E-state index in [-0.39, 0.29) is 12.1 Å². The standard InChI is InChI=1S/C20H32N2O4P2/c1-17(2)22(18(3)4)28(25-14-7-13-21)26-16-20-10-8-19(9-11-20)12-15-27(23-5)24-6/h8-12,15,17-18H,7,14,16H2,1-6H3/b15-12+. The molecule has 1 aromatic rings. The smallest absolute Gasteiger partial charge is 0.259 e. The van der Waals surface area contributed by atoms with Crippen molar-refractivity contribution in [1.29, 1.82) is 5.26 Å². The maximum Gasteiger partial charge on any atom is 0.259 e. The Labute approximate surface area is 172 Å². The van der Waals surface area contributed by atoms with Gasteiger partial charge in [0, 0.05) is 26.3 Å². The van der Waals surface area contributed by atoms with Crippen LogP contribution in [-0.2, 0) is 24.7 Å². The second-order valence-corrected chi connectivity index (χ2v) is 9.58. The van der Waals surface area contributed by atoms with Crippen LogP contribution in [0.25, 0.3) is 6.08 Å². The van der Waals surface area contributed by atoms with E-state index in [1.165, 1.54) is 0 Å². The van der Waals surface area contributed by atoms with Gasteiger partial charge in [0.05, 0.1) is 25.7 Å². The van der Waals surface area contributed by atoms with Gasteiger partial charge in [0.2, 0.25) is 0 Å². The molecule has 1 atom stereocenters. The first-order valence-electron chi connectivity index (χ1n) is 9.28. The summed E-state index contributed by atoms with van der Waals surface area (Å²) in [5, 5.41) is 8.78. The molecule has 0 saturated carbocycles. The molecule has 156 valence electrons. The highest BCUT2D eigenvalue weighted by molar-refractivity contribution is 7.50. The molecule has 0 heterocycles. The minimum Gasteiger partial charge on any atom is -0.334 e. The molecule has 1 rings (SSSR count). The molecule has 0 aliphatic heterocycles. The quantitative estimate of drug-likeness (QED) is 0.282. The molecule has 0 N–H and O–H groups in total. The Bertz CT molecular complexity index is 606. The summed E-state index contributed by atoms with van der Waals surface area (Å²) in [6.07, 6.45) is 2.35. The van der Waals surface area contributed by atoms with Crippen LogP contribution in [0.5, 0.6) is 0 Å². The zero-order chi connectivity index (χ0) is 20.9. The van der Waals surface area contributed by atoms with Gasteiger partial charge in [-0.05, 0) is 50.7 Å². The highest BCUT2D eigenvalue weighted by atomic mass is 31.2. The van der Waals surface area contributed by atoms with Crippen LogP contribution in [0.2, 0.25) is 0 Å². The van der Waals surface area contributed by atoms with Crippen LogP contribution in [0.4, 0.5) is 0 Å². The Morgan fingerprint density at radius 1 is 1.04 bits per heavy atom. The van der Waals surface area contributed by atoms with Gasteiger partial charge in [-0.3, -0.25) is 0 Å². The van der Waals surface area contributed by atoms with Crippen molar-refractivity contribution in [3.8, 4) is 6.07 Å². The van der Waals surface area contributed by atoms with Crippen LogP contribution in [-0.4, -0.2) is 37.6 Å². The summed E-state index contributed by atoms with van der Waals surface area (Å²) in [5.41, 5.74) is 2.14. The average molecular weight is 426 g/mol. The first-order chi connectivity index (χ1) is 13.4. The van der Waals surface area contributed by atoms with Gasteiger partial charge in [0.15, 0.2) is 8.38 Å². The molecule has 1 unspecified atom stereocenters. The molecule has 0 fully saturated rings. The average Bonchev–Trinajstić information content (AvgIpc) is 2.67. The number of hydrogen-bond acceptors (Lipinski definition) is 6. The maximum atomic E-state index is 8.78. The van der Waals surface area contributed by atoms with Crippen molar-refractivity contribution in [2.24, 2.45) is 0 Å². The van der Waals surface area contributed by atoms with E-state index in [1.54, 1.807) is 14.2 Å². The molecule has 0 radical (unpaired) electrons. The maximum absolute atomic E-state index is 8.78. The summed E-state index contributed by atoms with van der Waals surface area (Å²) in [7, 11) is 1.06. The van der Waals surface area contributed by atoms with Gasteiger partial charge < -0.3 is 18.1 Å². The predicted octanol–water partition coefficient (Wildman–Crippen LogP) is 6.05. The van der Waals surface area contributed by atoms with E-state index in [2.05, 4.69) is 38.4 Å². The van der Waals surface area contributed by atoms with Crippen LogP contribution < -0.4 is 0 Å². The van der Waals surface area contributed by atoms with Crippen molar-refractivity contribution in [2.75, 3.05) is 20.8 Å². The summed E-state index contributed by atoms with van der Waals surface area (Å²) in [6, 6.07) is 10.9. The summed E-state index contributed by atoms with van der Waals surface area (Å²) in [6.45, 7) is 9.35. The Morgan fingerprint density at radius 3 is 2.14 bits per heavy atom. The Balaban J connectivity index is 2.74. The van der Waals surface area contributed by atoms with Crippen LogP contribution in [0, 0.1) is 11.3 Å².